The molecular weight excluding hydrogens is 364 g/mol. The third kappa shape index (κ3) is 3.19. The van der Waals surface area contributed by atoms with Crippen LogP contribution in [0.15, 0.2) is 28.2 Å². The van der Waals surface area contributed by atoms with Crippen LogP contribution >= 0.6 is 34.3 Å². The number of aromatic nitrogens is 4. The van der Waals surface area contributed by atoms with Gasteiger partial charge >= 0.3 is 0 Å². The number of fused-ring (bicyclic) bond motifs is 2. The minimum Gasteiger partial charge on any atom is -0.313 e. The van der Waals surface area contributed by atoms with E-state index in [0.29, 0.717) is 5.15 Å². The Morgan fingerprint density at radius 2 is 1.62 bits per heavy atom. The molecular formula is C16H15ClN4OS2. The first-order valence-corrected chi connectivity index (χ1v) is 9.59. The lowest BCUT2D eigenvalue weighted by atomic mass is 10.2. The summed E-state index contributed by atoms with van der Waals surface area (Å²) in [5, 5.41) is 6.42. The summed E-state index contributed by atoms with van der Waals surface area (Å²) in [4.78, 5) is 27.9. The van der Waals surface area contributed by atoms with E-state index in [-0.39, 0.29) is 5.56 Å². The zero-order valence-corrected chi connectivity index (χ0v) is 15.6. The Bertz CT molecular complexity index is 1040. The Hall–Kier alpha value is -1.83. The molecule has 4 heterocycles. The number of halogens is 1. The molecule has 0 spiro atoms. The highest BCUT2D eigenvalue weighted by atomic mass is 35.5. The quantitative estimate of drug-likeness (QED) is 0.523. The van der Waals surface area contributed by atoms with Crippen LogP contribution in [0.1, 0.15) is 25.0 Å². The molecule has 0 saturated carbocycles. The highest BCUT2D eigenvalue weighted by molar-refractivity contribution is 7.17. The van der Waals surface area contributed by atoms with Crippen molar-refractivity contribution in [2.75, 3.05) is 0 Å². The lowest BCUT2D eigenvalue weighted by molar-refractivity contribution is 1.14. The largest absolute Gasteiger partial charge is 0.313 e. The Balaban J connectivity index is 0.000000141. The smallest absolute Gasteiger partial charge is 0.259 e. The molecule has 0 radical (unpaired) electrons. The van der Waals surface area contributed by atoms with E-state index in [1.807, 2.05) is 12.3 Å². The van der Waals surface area contributed by atoms with Crippen LogP contribution in [0.3, 0.4) is 0 Å². The minimum atomic E-state index is -0.0295. The summed E-state index contributed by atoms with van der Waals surface area (Å²) < 4.78 is 0. The van der Waals surface area contributed by atoms with Crippen molar-refractivity contribution in [1.82, 2.24) is 19.9 Å². The standard InChI is InChI=1S/C8H7ClN2S.C8H8N2OS/c1-2-5-3-12-8-6(5)7(9)10-4-11-8;1-2-5-3-12-8-6(5)7(11)9-4-10-8/h3-4H,2H2,1H3;3-4H,2H2,1H3,(H,9,10,11). The number of nitrogens with one attached hydrogen (secondary N) is 1. The third-order valence-electron chi connectivity index (χ3n) is 3.61. The fourth-order valence-corrected chi connectivity index (χ4v) is 4.65. The van der Waals surface area contributed by atoms with E-state index in [1.54, 1.807) is 11.3 Å². The molecule has 4 rings (SSSR count). The van der Waals surface area contributed by atoms with Crippen LogP contribution in [0.2, 0.25) is 5.15 Å². The Morgan fingerprint density at radius 1 is 1.00 bits per heavy atom. The summed E-state index contributed by atoms with van der Waals surface area (Å²) in [5.41, 5.74) is 2.29. The highest BCUT2D eigenvalue weighted by Crippen LogP contribution is 2.28. The van der Waals surface area contributed by atoms with Gasteiger partial charge < -0.3 is 4.98 Å². The van der Waals surface area contributed by atoms with E-state index in [4.69, 9.17) is 11.6 Å². The van der Waals surface area contributed by atoms with Gasteiger partial charge in [0.15, 0.2) is 0 Å². The van der Waals surface area contributed by atoms with Crippen LogP contribution in [-0.4, -0.2) is 19.9 Å². The predicted molar refractivity (Wildman–Crippen MR) is 101 cm³/mol. The van der Waals surface area contributed by atoms with Crippen LogP contribution < -0.4 is 5.56 Å². The van der Waals surface area contributed by atoms with Crippen molar-refractivity contribution in [3.05, 3.63) is 50.0 Å². The van der Waals surface area contributed by atoms with Gasteiger partial charge in [-0.15, -0.1) is 22.7 Å². The number of aromatic amines is 1. The molecule has 124 valence electrons. The zero-order valence-electron chi connectivity index (χ0n) is 13.2. The molecule has 0 atom stereocenters. The lowest BCUT2D eigenvalue weighted by Crippen LogP contribution is -2.05. The van der Waals surface area contributed by atoms with Gasteiger partial charge in [0.25, 0.3) is 5.56 Å². The molecule has 8 heteroatoms. The number of rotatable bonds is 2. The van der Waals surface area contributed by atoms with Gasteiger partial charge in [-0.3, -0.25) is 4.79 Å². The average molecular weight is 379 g/mol. The summed E-state index contributed by atoms with van der Waals surface area (Å²) >= 11 is 9.08. The molecule has 1 N–H and O–H groups in total. The molecule has 0 bridgehead atoms. The van der Waals surface area contributed by atoms with E-state index < -0.39 is 0 Å². The molecule has 0 amide bonds. The maximum absolute atomic E-state index is 11.3. The summed E-state index contributed by atoms with van der Waals surface area (Å²) in [5.74, 6) is 0. The first-order valence-electron chi connectivity index (χ1n) is 7.46. The van der Waals surface area contributed by atoms with Crippen molar-refractivity contribution in [3.63, 3.8) is 0 Å². The van der Waals surface area contributed by atoms with E-state index in [0.717, 1.165) is 38.8 Å². The van der Waals surface area contributed by atoms with Crippen molar-refractivity contribution in [2.45, 2.75) is 26.7 Å². The second-order valence-electron chi connectivity index (χ2n) is 4.99. The van der Waals surface area contributed by atoms with E-state index in [1.165, 1.54) is 29.6 Å². The van der Waals surface area contributed by atoms with Gasteiger partial charge in [-0.1, -0.05) is 25.4 Å². The van der Waals surface area contributed by atoms with Crippen LogP contribution in [0.4, 0.5) is 0 Å². The van der Waals surface area contributed by atoms with Crippen molar-refractivity contribution < 1.29 is 0 Å². The summed E-state index contributed by atoms with van der Waals surface area (Å²) in [7, 11) is 0. The summed E-state index contributed by atoms with van der Waals surface area (Å²) in [6, 6.07) is 0. The summed E-state index contributed by atoms with van der Waals surface area (Å²) in [6.07, 6.45) is 4.81. The third-order valence-corrected chi connectivity index (χ3v) is 5.77. The summed E-state index contributed by atoms with van der Waals surface area (Å²) in [6.45, 7) is 4.14. The fraction of sp³-hybridized carbons (Fsp3) is 0.250. The second-order valence-corrected chi connectivity index (χ2v) is 7.06. The molecule has 0 aliphatic carbocycles. The van der Waals surface area contributed by atoms with E-state index in [9.17, 15) is 4.79 Å². The number of thiophene rings is 2. The number of hydrogen-bond acceptors (Lipinski definition) is 6. The Kier molecular flexibility index (Phi) is 5.23. The molecule has 0 aromatic carbocycles. The molecule has 4 aromatic heterocycles. The molecule has 0 aliphatic heterocycles. The topological polar surface area (TPSA) is 71.5 Å². The predicted octanol–water partition coefficient (Wildman–Crippen LogP) is 4.45. The Labute approximate surface area is 151 Å². The molecule has 0 unspecified atom stereocenters. The Morgan fingerprint density at radius 3 is 2.29 bits per heavy atom. The monoisotopic (exact) mass is 378 g/mol. The molecule has 0 saturated heterocycles. The fourth-order valence-electron chi connectivity index (χ4n) is 2.36. The molecule has 5 nitrogen and oxygen atoms in total. The van der Waals surface area contributed by atoms with Crippen molar-refractivity contribution >= 4 is 54.7 Å². The first-order chi connectivity index (χ1) is 11.7. The van der Waals surface area contributed by atoms with Crippen LogP contribution in [-0.2, 0) is 12.8 Å². The van der Waals surface area contributed by atoms with Gasteiger partial charge in [0.1, 0.15) is 21.1 Å². The van der Waals surface area contributed by atoms with Gasteiger partial charge in [-0.05, 0) is 34.7 Å². The van der Waals surface area contributed by atoms with Gasteiger partial charge in [0.05, 0.1) is 17.1 Å². The molecule has 0 aliphatic rings. The maximum atomic E-state index is 11.3. The number of hydrogen-bond donors (Lipinski definition) is 1. The minimum absolute atomic E-state index is 0.0295. The van der Waals surface area contributed by atoms with Crippen molar-refractivity contribution in [1.29, 1.82) is 0 Å². The van der Waals surface area contributed by atoms with E-state index in [2.05, 4.69) is 32.2 Å². The van der Waals surface area contributed by atoms with Crippen molar-refractivity contribution in [3.8, 4) is 0 Å². The SMILES string of the molecule is CCc1csc2nc[nH]c(=O)c12.CCc1csc2ncnc(Cl)c12. The lowest BCUT2D eigenvalue weighted by Gasteiger charge is -1.94. The highest BCUT2D eigenvalue weighted by Gasteiger charge is 2.07. The van der Waals surface area contributed by atoms with Crippen LogP contribution in [0.25, 0.3) is 20.4 Å². The van der Waals surface area contributed by atoms with Gasteiger partial charge in [0, 0.05) is 0 Å². The molecule has 4 aromatic rings. The van der Waals surface area contributed by atoms with Gasteiger partial charge in [0.2, 0.25) is 0 Å². The van der Waals surface area contributed by atoms with E-state index >= 15 is 0 Å². The normalized spacial score (nSPS) is 10.8. The average Bonchev–Trinajstić information content (AvgIpc) is 3.20. The maximum Gasteiger partial charge on any atom is 0.259 e. The number of H-pyrrole nitrogens is 1. The molecule has 0 fully saturated rings. The van der Waals surface area contributed by atoms with Gasteiger partial charge in [-0.2, -0.15) is 0 Å². The van der Waals surface area contributed by atoms with Crippen molar-refractivity contribution in [2.24, 2.45) is 0 Å². The van der Waals surface area contributed by atoms with Gasteiger partial charge in [-0.25, -0.2) is 15.0 Å². The first kappa shape index (κ1) is 17.0. The second kappa shape index (κ2) is 7.38. The van der Waals surface area contributed by atoms with Crippen LogP contribution in [0.5, 0.6) is 0 Å². The number of nitrogens with zero attached hydrogens (tertiary/aromatic N) is 3. The molecule has 24 heavy (non-hydrogen) atoms. The number of aryl methyl sites for hydroxylation is 2. The zero-order chi connectivity index (χ0) is 17.1. The van der Waals surface area contributed by atoms with Crippen LogP contribution in [0, 0.1) is 0 Å².